The lowest BCUT2D eigenvalue weighted by atomic mass is 10.1. The first-order valence-corrected chi connectivity index (χ1v) is 7.10. The van der Waals surface area contributed by atoms with Crippen LogP contribution in [0.4, 0.5) is 11.4 Å². The predicted molar refractivity (Wildman–Crippen MR) is 84.3 cm³/mol. The second kappa shape index (κ2) is 6.24. The van der Waals surface area contributed by atoms with E-state index in [0.29, 0.717) is 10.7 Å². The van der Waals surface area contributed by atoms with E-state index in [4.69, 9.17) is 11.6 Å². The molecule has 0 saturated heterocycles. The van der Waals surface area contributed by atoms with Gasteiger partial charge in [-0.15, -0.1) is 0 Å². The molecule has 2 rings (SSSR count). The number of nitrogens with one attached hydrogen (secondary N) is 1. The monoisotopic (exact) mass is 354 g/mol. The molecule has 1 N–H and O–H groups in total. The Morgan fingerprint density at radius 3 is 2.70 bits per heavy atom. The summed E-state index contributed by atoms with van der Waals surface area (Å²) in [7, 11) is 0. The highest BCUT2D eigenvalue weighted by atomic mass is 79.9. The molecule has 0 aliphatic carbocycles. The fraction of sp³-hybridized carbons (Fsp3) is 0.143. The van der Waals surface area contributed by atoms with E-state index in [9.17, 15) is 10.1 Å². The molecule has 0 heterocycles. The second-order valence-corrected chi connectivity index (χ2v) is 5.69. The van der Waals surface area contributed by atoms with Gasteiger partial charge < -0.3 is 5.32 Å². The van der Waals surface area contributed by atoms with Crippen molar-refractivity contribution in [3.63, 3.8) is 0 Å². The lowest BCUT2D eigenvalue weighted by molar-refractivity contribution is -0.384. The number of anilines is 1. The van der Waals surface area contributed by atoms with E-state index >= 15 is 0 Å². The summed E-state index contributed by atoms with van der Waals surface area (Å²) in [5.74, 6) is 0. The number of nitro groups is 1. The Balaban J connectivity index is 2.29. The zero-order chi connectivity index (χ0) is 14.7. The SMILES string of the molecule is CC(Nc1cc(Br)ccc1[N+](=O)[O-])c1cccc(Cl)c1. The van der Waals surface area contributed by atoms with Gasteiger partial charge >= 0.3 is 0 Å². The highest BCUT2D eigenvalue weighted by Gasteiger charge is 2.16. The van der Waals surface area contributed by atoms with E-state index in [0.717, 1.165) is 10.0 Å². The lowest BCUT2D eigenvalue weighted by Gasteiger charge is -2.16. The normalized spacial score (nSPS) is 11.9. The first-order valence-electron chi connectivity index (χ1n) is 5.93. The third-order valence-electron chi connectivity index (χ3n) is 2.88. The third-order valence-corrected chi connectivity index (χ3v) is 3.60. The van der Waals surface area contributed by atoms with Crippen LogP contribution >= 0.6 is 27.5 Å². The summed E-state index contributed by atoms with van der Waals surface area (Å²) in [6.45, 7) is 1.93. The van der Waals surface area contributed by atoms with Crippen LogP contribution in [0.2, 0.25) is 5.02 Å². The van der Waals surface area contributed by atoms with Gasteiger partial charge in [-0.2, -0.15) is 0 Å². The molecule has 1 atom stereocenters. The number of nitro benzene ring substituents is 1. The van der Waals surface area contributed by atoms with Crippen LogP contribution in [0.25, 0.3) is 0 Å². The van der Waals surface area contributed by atoms with Crippen molar-refractivity contribution in [3.05, 3.63) is 67.6 Å². The maximum absolute atomic E-state index is 11.0. The minimum atomic E-state index is -0.403. The fourth-order valence-corrected chi connectivity index (χ4v) is 2.44. The molecular formula is C14H12BrClN2O2. The predicted octanol–water partition coefficient (Wildman–Crippen LogP) is 5.18. The average molecular weight is 356 g/mol. The molecule has 20 heavy (non-hydrogen) atoms. The number of benzene rings is 2. The second-order valence-electron chi connectivity index (χ2n) is 4.34. The van der Waals surface area contributed by atoms with E-state index in [-0.39, 0.29) is 11.7 Å². The zero-order valence-corrected chi connectivity index (χ0v) is 13.0. The molecule has 2 aromatic carbocycles. The third kappa shape index (κ3) is 3.49. The van der Waals surface area contributed by atoms with E-state index in [1.807, 2.05) is 25.1 Å². The van der Waals surface area contributed by atoms with Crippen LogP contribution in [0, 0.1) is 10.1 Å². The van der Waals surface area contributed by atoms with Gasteiger partial charge in [0, 0.05) is 21.6 Å². The van der Waals surface area contributed by atoms with Gasteiger partial charge in [0.25, 0.3) is 5.69 Å². The van der Waals surface area contributed by atoms with Crippen LogP contribution in [0.15, 0.2) is 46.9 Å². The number of rotatable bonds is 4. The van der Waals surface area contributed by atoms with Gasteiger partial charge in [0.05, 0.1) is 4.92 Å². The maximum atomic E-state index is 11.0. The van der Waals surface area contributed by atoms with E-state index < -0.39 is 4.92 Å². The standard InChI is InChI=1S/C14H12BrClN2O2/c1-9(10-3-2-4-12(16)7-10)17-13-8-11(15)5-6-14(13)18(19)20/h2-9,17H,1H3. The molecular weight excluding hydrogens is 344 g/mol. The summed E-state index contributed by atoms with van der Waals surface area (Å²) in [5.41, 5.74) is 1.48. The Morgan fingerprint density at radius 1 is 1.30 bits per heavy atom. The molecule has 0 amide bonds. The van der Waals surface area contributed by atoms with E-state index in [1.165, 1.54) is 6.07 Å². The zero-order valence-electron chi connectivity index (χ0n) is 10.6. The Bertz CT molecular complexity index is 649. The maximum Gasteiger partial charge on any atom is 0.292 e. The van der Waals surface area contributed by atoms with Crippen LogP contribution in [0.5, 0.6) is 0 Å². The van der Waals surface area contributed by atoms with Gasteiger partial charge in [0.2, 0.25) is 0 Å². The molecule has 6 heteroatoms. The molecule has 0 fully saturated rings. The van der Waals surface area contributed by atoms with Crippen molar-refractivity contribution in [2.24, 2.45) is 0 Å². The van der Waals surface area contributed by atoms with Crippen molar-refractivity contribution in [2.45, 2.75) is 13.0 Å². The number of halogens is 2. The van der Waals surface area contributed by atoms with E-state index in [2.05, 4.69) is 21.2 Å². The summed E-state index contributed by atoms with van der Waals surface area (Å²) in [6, 6.07) is 12.1. The quantitative estimate of drug-likeness (QED) is 0.607. The van der Waals surface area contributed by atoms with Gasteiger partial charge in [-0.05, 0) is 36.8 Å². The molecule has 0 spiro atoms. The largest absolute Gasteiger partial charge is 0.373 e. The van der Waals surface area contributed by atoms with Crippen molar-refractivity contribution in [1.82, 2.24) is 0 Å². The van der Waals surface area contributed by atoms with Gasteiger partial charge in [0.1, 0.15) is 5.69 Å². The molecule has 0 aliphatic rings. The molecule has 0 bridgehead atoms. The van der Waals surface area contributed by atoms with Gasteiger partial charge in [0.15, 0.2) is 0 Å². The topological polar surface area (TPSA) is 55.2 Å². The van der Waals surface area contributed by atoms with Crippen LogP contribution in [0.1, 0.15) is 18.5 Å². The Labute approximate surface area is 130 Å². The van der Waals surface area contributed by atoms with Crippen LogP contribution < -0.4 is 5.32 Å². The lowest BCUT2D eigenvalue weighted by Crippen LogP contribution is -2.08. The van der Waals surface area contributed by atoms with Gasteiger partial charge in [-0.25, -0.2) is 0 Å². The average Bonchev–Trinajstić information content (AvgIpc) is 2.38. The van der Waals surface area contributed by atoms with Crippen molar-refractivity contribution >= 4 is 38.9 Å². The van der Waals surface area contributed by atoms with Crippen molar-refractivity contribution in [2.75, 3.05) is 5.32 Å². The molecule has 1 unspecified atom stereocenters. The summed E-state index contributed by atoms with van der Waals surface area (Å²) >= 11 is 9.27. The number of nitrogens with zero attached hydrogens (tertiary/aromatic N) is 1. The summed E-state index contributed by atoms with van der Waals surface area (Å²) in [5, 5.41) is 14.8. The van der Waals surface area contributed by atoms with Crippen LogP contribution in [0.3, 0.4) is 0 Å². The molecule has 0 radical (unpaired) electrons. The molecule has 0 aliphatic heterocycles. The number of hydrogen-bond donors (Lipinski definition) is 1. The van der Waals surface area contributed by atoms with Crippen molar-refractivity contribution in [1.29, 1.82) is 0 Å². The van der Waals surface area contributed by atoms with Crippen molar-refractivity contribution in [3.8, 4) is 0 Å². The minimum Gasteiger partial charge on any atom is -0.373 e. The first kappa shape index (κ1) is 14.8. The fourth-order valence-electron chi connectivity index (χ4n) is 1.88. The van der Waals surface area contributed by atoms with Crippen molar-refractivity contribution < 1.29 is 4.92 Å². The molecule has 0 saturated carbocycles. The summed E-state index contributed by atoms with van der Waals surface area (Å²) in [4.78, 5) is 10.6. The highest BCUT2D eigenvalue weighted by Crippen LogP contribution is 2.31. The Kier molecular flexibility index (Phi) is 4.62. The summed E-state index contributed by atoms with van der Waals surface area (Å²) in [6.07, 6.45) is 0. The molecule has 104 valence electrons. The van der Waals surface area contributed by atoms with Gasteiger partial charge in [-0.1, -0.05) is 39.7 Å². The first-order chi connectivity index (χ1) is 9.47. The Morgan fingerprint density at radius 2 is 2.05 bits per heavy atom. The van der Waals surface area contributed by atoms with Crippen LogP contribution in [-0.2, 0) is 0 Å². The minimum absolute atomic E-state index is 0.0436. The smallest absolute Gasteiger partial charge is 0.292 e. The molecule has 0 aromatic heterocycles. The Hall–Kier alpha value is -1.59. The molecule has 4 nitrogen and oxygen atoms in total. The highest BCUT2D eigenvalue weighted by molar-refractivity contribution is 9.10. The van der Waals surface area contributed by atoms with Crippen LogP contribution in [-0.4, -0.2) is 4.92 Å². The molecule has 2 aromatic rings. The summed E-state index contributed by atoms with van der Waals surface area (Å²) < 4.78 is 0.781. The van der Waals surface area contributed by atoms with E-state index in [1.54, 1.807) is 18.2 Å². The van der Waals surface area contributed by atoms with Gasteiger partial charge in [-0.3, -0.25) is 10.1 Å². The number of hydrogen-bond acceptors (Lipinski definition) is 3.